The van der Waals surface area contributed by atoms with Gasteiger partial charge < -0.3 is 20.1 Å². The van der Waals surface area contributed by atoms with Crippen LogP contribution in [0.2, 0.25) is 5.02 Å². The molecule has 1 fully saturated rings. The molecule has 0 bridgehead atoms. The number of aromatic nitrogens is 2. The van der Waals surface area contributed by atoms with Crippen molar-refractivity contribution in [1.82, 2.24) is 20.8 Å². The Kier molecular flexibility index (Phi) is 7.95. The predicted octanol–water partition coefficient (Wildman–Crippen LogP) is 2.98. The van der Waals surface area contributed by atoms with Crippen molar-refractivity contribution in [3.63, 3.8) is 0 Å². The van der Waals surface area contributed by atoms with E-state index in [2.05, 4.69) is 36.7 Å². The first-order valence-corrected chi connectivity index (χ1v) is 8.86. The molecule has 1 aromatic carbocycles. The monoisotopic (exact) mass is 490 g/mol. The number of guanidine groups is 1. The topological polar surface area (TPSA) is 78.6 Å². The van der Waals surface area contributed by atoms with Crippen LogP contribution in [0.15, 0.2) is 33.8 Å². The summed E-state index contributed by atoms with van der Waals surface area (Å²) in [5.41, 5.74) is 1.15. The summed E-state index contributed by atoms with van der Waals surface area (Å²) in [7, 11) is 0. The summed E-state index contributed by atoms with van der Waals surface area (Å²) in [5.74, 6) is 1.90. The van der Waals surface area contributed by atoms with E-state index in [0.717, 1.165) is 42.7 Å². The highest BCUT2D eigenvalue weighted by Crippen LogP contribution is 2.23. The Hall–Kier alpha value is -1.55. The first-order valence-electron chi connectivity index (χ1n) is 8.48. The molecule has 1 aliphatic rings. The molecule has 1 aromatic heterocycles. The van der Waals surface area contributed by atoms with Crippen molar-refractivity contribution in [3.8, 4) is 0 Å². The first kappa shape index (κ1) is 20.8. The lowest BCUT2D eigenvalue weighted by Crippen LogP contribution is -2.44. The largest absolute Gasteiger partial charge is 0.369 e. The highest BCUT2D eigenvalue weighted by Gasteiger charge is 2.23. The van der Waals surface area contributed by atoms with E-state index in [9.17, 15) is 0 Å². The van der Waals surface area contributed by atoms with E-state index in [1.807, 2.05) is 25.1 Å². The quantitative estimate of drug-likeness (QED) is 0.381. The molecule has 9 heteroatoms. The molecule has 1 aliphatic heterocycles. The molecular formula is C17H24ClIN6O. The van der Waals surface area contributed by atoms with Crippen molar-refractivity contribution in [1.29, 1.82) is 0 Å². The van der Waals surface area contributed by atoms with E-state index < -0.39 is 0 Å². The van der Waals surface area contributed by atoms with Crippen LogP contribution in [0.3, 0.4) is 0 Å². The van der Waals surface area contributed by atoms with Crippen molar-refractivity contribution in [3.05, 3.63) is 41.0 Å². The summed E-state index contributed by atoms with van der Waals surface area (Å²) in [6, 6.07) is 8.29. The van der Waals surface area contributed by atoms with Gasteiger partial charge in [0.25, 0.3) is 0 Å². The lowest BCUT2D eigenvalue weighted by molar-refractivity contribution is 0.376. The number of aliphatic imine (C=N–C) groups is 1. The van der Waals surface area contributed by atoms with Crippen molar-refractivity contribution in [2.75, 3.05) is 24.5 Å². The number of nitrogens with one attached hydrogen (secondary N) is 2. The molecule has 26 heavy (non-hydrogen) atoms. The molecule has 142 valence electrons. The summed E-state index contributed by atoms with van der Waals surface area (Å²) in [4.78, 5) is 11.0. The van der Waals surface area contributed by atoms with Crippen LogP contribution < -0.4 is 15.5 Å². The molecular weight excluding hydrogens is 467 g/mol. The molecule has 1 unspecified atom stereocenters. The van der Waals surface area contributed by atoms with E-state index in [4.69, 9.17) is 16.1 Å². The minimum atomic E-state index is 0. The number of hydrogen-bond donors (Lipinski definition) is 2. The Labute approximate surface area is 175 Å². The average molecular weight is 491 g/mol. The molecule has 7 nitrogen and oxygen atoms in total. The van der Waals surface area contributed by atoms with Gasteiger partial charge in [0.1, 0.15) is 6.54 Å². The normalized spacial score (nSPS) is 17.1. The van der Waals surface area contributed by atoms with Gasteiger partial charge in [-0.25, -0.2) is 4.99 Å². The van der Waals surface area contributed by atoms with Crippen LogP contribution in [0.4, 0.5) is 5.69 Å². The predicted molar refractivity (Wildman–Crippen MR) is 114 cm³/mol. The Morgan fingerprint density at radius 2 is 2.31 bits per heavy atom. The van der Waals surface area contributed by atoms with E-state index in [0.29, 0.717) is 24.3 Å². The van der Waals surface area contributed by atoms with Gasteiger partial charge in [-0.2, -0.15) is 4.98 Å². The second-order valence-electron chi connectivity index (χ2n) is 5.99. The zero-order chi connectivity index (χ0) is 17.6. The zero-order valence-electron chi connectivity index (χ0n) is 14.9. The van der Waals surface area contributed by atoms with E-state index in [1.54, 1.807) is 6.92 Å². The van der Waals surface area contributed by atoms with Crippen LogP contribution >= 0.6 is 35.6 Å². The lowest BCUT2D eigenvalue weighted by atomic mass is 10.3. The second kappa shape index (κ2) is 9.96. The van der Waals surface area contributed by atoms with Crippen molar-refractivity contribution in [2.45, 2.75) is 32.9 Å². The maximum Gasteiger partial charge on any atom is 0.248 e. The lowest BCUT2D eigenvalue weighted by Gasteiger charge is -2.20. The molecule has 1 saturated heterocycles. The van der Waals surface area contributed by atoms with E-state index >= 15 is 0 Å². The number of rotatable bonds is 5. The minimum Gasteiger partial charge on any atom is -0.369 e. The van der Waals surface area contributed by atoms with Crippen LogP contribution in [0.25, 0.3) is 0 Å². The third-order valence-electron chi connectivity index (χ3n) is 3.99. The van der Waals surface area contributed by atoms with Gasteiger partial charge in [0, 0.05) is 36.4 Å². The summed E-state index contributed by atoms with van der Waals surface area (Å²) < 4.78 is 5.10. The molecule has 0 amide bonds. The first-order chi connectivity index (χ1) is 12.1. The number of nitrogens with zero attached hydrogens (tertiary/aromatic N) is 4. The molecule has 2 N–H and O–H groups in total. The van der Waals surface area contributed by atoms with Crippen LogP contribution in [-0.2, 0) is 6.54 Å². The Bertz CT molecular complexity index is 738. The average Bonchev–Trinajstić information content (AvgIpc) is 3.22. The maximum absolute atomic E-state index is 6.10. The zero-order valence-corrected chi connectivity index (χ0v) is 18.0. The molecule has 0 saturated carbocycles. The molecule has 1 atom stereocenters. The van der Waals surface area contributed by atoms with Crippen LogP contribution in [0, 0.1) is 6.92 Å². The summed E-state index contributed by atoms with van der Waals surface area (Å²) in [5, 5.41) is 11.3. The van der Waals surface area contributed by atoms with Crippen LogP contribution in [-0.4, -0.2) is 41.8 Å². The number of benzene rings is 1. The number of anilines is 1. The second-order valence-corrected chi connectivity index (χ2v) is 6.42. The van der Waals surface area contributed by atoms with E-state index in [-0.39, 0.29) is 24.0 Å². The standard InChI is InChI=1S/C17H23ClN6O.HI/c1-3-19-17(20-10-16-21-12(2)23-25-16)22-14-7-8-24(11-14)15-6-4-5-13(18)9-15;/h4-6,9,14H,3,7-8,10-11H2,1-2H3,(H2,19,20,22);1H. The smallest absolute Gasteiger partial charge is 0.248 e. The fourth-order valence-electron chi connectivity index (χ4n) is 2.85. The van der Waals surface area contributed by atoms with Gasteiger partial charge in [-0.05, 0) is 38.5 Å². The molecule has 2 aromatic rings. The number of halogens is 2. The SMILES string of the molecule is CCNC(=NCc1nc(C)no1)NC1CCN(c2cccc(Cl)c2)C1.I. The highest BCUT2D eigenvalue weighted by molar-refractivity contribution is 14.0. The van der Waals surface area contributed by atoms with Crippen LogP contribution in [0.1, 0.15) is 25.1 Å². The fourth-order valence-corrected chi connectivity index (χ4v) is 3.03. The maximum atomic E-state index is 6.10. The van der Waals surface area contributed by atoms with Crippen molar-refractivity contribution < 1.29 is 4.52 Å². The van der Waals surface area contributed by atoms with Crippen LogP contribution in [0.5, 0.6) is 0 Å². The Balaban J connectivity index is 0.00000243. The Morgan fingerprint density at radius 3 is 3.00 bits per heavy atom. The minimum absolute atomic E-state index is 0. The summed E-state index contributed by atoms with van der Waals surface area (Å²) >= 11 is 6.10. The van der Waals surface area contributed by atoms with E-state index in [1.165, 1.54) is 0 Å². The molecule has 0 aliphatic carbocycles. The number of aryl methyl sites for hydroxylation is 1. The van der Waals surface area contributed by atoms with Gasteiger partial charge >= 0.3 is 0 Å². The van der Waals surface area contributed by atoms with Gasteiger partial charge in [-0.1, -0.05) is 22.8 Å². The molecule has 3 rings (SSSR count). The molecule has 0 spiro atoms. The summed E-state index contributed by atoms with van der Waals surface area (Å²) in [6.45, 7) is 6.88. The fraction of sp³-hybridized carbons (Fsp3) is 0.471. The van der Waals surface area contributed by atoms with Gasteiger partial charge in [-0.15, -0.1) is 24.0 Å². The summed E-state index contributed by atoms with van der Waals surface area (Å²) in [6.07, 6.45) is 1.04. The number of hydrogen-bond acceptors (Lipinski definition) is 5. The third kappa shape index (κ3) is 5.73. The van der Waals surface area contributed by atoms with Gasteiger partial charge in [0.15, 0.2) is 11.8 Å². The molecule has 0 radical (unpaired) electrons. The Morgan fingerprint density at radius 1 is 1.46 bits per heavy atom. The van der Waals surface area contributed by atoms with Crippen molar-refractivity contribution >= 4 is 47.2 Å². The van der Waals surface area contributed by atoms with Gasteiger partial charge in [0.2, 0.25) is 5.89 Å². The third-order valence-corrected chi connectivity index (χ3v) is 4.22. The van der Waals surface area contributed by atoms with Crippen molar-refractivity contribution in [2.24, 2.45) is 4.99 Å². The van der Waals surface area contributed by atoms with Gasteiger partial charge in [0.05, 0.1) is 0 Å². The van der Waals surface area contributed by atoms with Gasteiger partial charge in [-0.3, -0.25) is 0 Å². The highest BCUT2D eigenvalue weighted by atomic mass is 127. The molecule has 2 heterocycles.